The third kappa shape index (κ3) is 1.78. The Labute approximate surface area is 101 Å². The van der Waals surface area contributed by atoms with Gasteiger partial charge in [0.15, 0.2) is 0 Å². The first-order valence-corrected chi connectivity index (χ1v) is 6.29. The third-order valence-electron chi connectivity index (χ3n) is 4.51. The number of piperidine rings is 1. The van der Waals surface area contributed by atoms with Crippen LogP contribution in [0, 0.1) is 5.82 Å². The molecule has 2 nitrogen and oxygen atoms in total. The van der Waals surface area contributed by atoms with Crippen molar-refractivity contribution in [2.75, 3.05) is 7.05 Å². The first-order chi connectivity index (χ1) is 8.08. The summed E-state index contributed by atoms with van der Waals surface area (Å²) in [6.07, 6.45) is 3.88. The van der Waals surface area contributed by atoms with E-state index in [1.807, 2.05) is 0 Å². The highest BCUT2D eigenvalue weighted by Crippen LogP contribution is 2.44. The van der Waals surface area contributed by atoms with Gasteiger partial charge in [0.25, 0.3) is 0 Å². The standard InChI is InChI=1S/C14H18FNO/c1-16-12-6-7-13(16)9-14(17,8-12)10-2-4-11(15)5-3-10/h2-5,12-13,17H,6-9H2,1H3. The van der Waals surface area contributed by atoms with Gasteiger partial charge in [-0.25, -0.2) is 4.39 Å². The van der Waals surface area contributed by atoms with Gasteiger partial charge in [0, 0.05) is 12.1 Å². The average Bonchev–Trinajstić information content (AvgIpc) is 2.53. The van der Waals surface area contributed by atoms with E-state index in [1.165, 1.54) is 25.0 Å². The number of halogens is 1. The molecule has 0 saturated carbocycles. The first-order valence-electron chi connectivity index (χ1n) is 6.29. The van der Waals surface area contributed by atoms with Crippen LogP contribution in [0.4, 0.5) is 4.39 Å². The second-order valence-electron chi connectivity index (χ2n) is 5.50. The monoisotopic (exact) mass is 235 g/mol. The highest BCUT2D eigenvalue weighted by Gasteiger charge is 2.46. The number of benzene rings is 1. The minimum Gasteiger partial charge on any atom is -0.385 e. The summed E-state index contributed by atoms with van der Waals surface area (Å²) in [6.45, 7) is 0. The van der Waals surface area contributed by atoms with Gasteiger partial charge in [-0.1, -0.05) is 12.1 Å². The van der Waals surface area contributed by atoms with E-state index in [0.29, 0.717) is 12.1 Å². The molecule has 0 spiro atoms. The Bertz CT molecular complexity index is 403. The molecule has 2 fully saturated rings. The fraction of sp³-hybridized carbons (Fsp3) is 0.571. The average molecular weight is 235 g/mol. The predicted molar refractivity (Wildman–Crippen MR) is 64.1 cm³/mol. The number of hydrogen-bond acceptors (Lipinski definition) is 2. The van der Waals surface area contributed by atoms with Gasteiger partial charge >= 0.3 is 0 Å². The van der Waals surface area contributed by atoms with E-state index in [4.69, 9.17) is 0 Å². The van der Waals surface area contributed by atoms with Crippen LogP contribution in [0.2, 0.25) is 0 Å². The summed E-state index contributed by atoms with van der Waals surface area (Å²) in [6, 6.07) is 7.27. The second kappa shape index (κ2) is 3.79. The number of nitrogens with zero attached hydrogens (tertiary/aromatic N) is 1. The molecule has 17 heavy (non-hydrogen) atoms. The molecule has 0 aliphatic carbocycles. The van der Waals surface area contributed by atoms with Crippen LogP contribution in [0.5, 0.6) is 0 Å². The molecule has 2 atom stereocenters. The topological polar surface area (TPSA) is 23.5 Å². The largest absolute Gasteiger partial charge is 0.385 e. The fourth-order valence-electron chi connectivity index (χ4n) is 3.44. The lowest BCUT2D eigenvalue weighted by atomic mass is 9.81. The van der Waals surface area contributed by atoms with E-state index in [9.17, 15) is 9.50 Å². The van der Waals surface area contributed by atoms with Crippen LogP contribution in [0.15, 0.2) is 24.3 Å². The summed E-state index contributed by atoms with van der Waals surface area (Å²) >= 11 is 0. The van der Waals surface area contributed by atoms with Gasteiger partial charge in [-0.2, -0.15) is 0 Å². The molecular formula is C14H18FNO. The molecule has 3 heteroatoms. The molecule has 0 aromatic heterocycles. The van der Waals surface area contributed by atoms with Crippen molar-refractivity contribution >= 4 is 0 Å². The predicted octanol–water partition coefficient (Wildman–Crippen LogP) is 2.27. The van der Waals surface area contributed by atoms with Crippen LogP contribution >= 0.6 is 0 Å². The fourth-order valence-corrected chi connectivity index (χ4v) is 3.44. The lowest BCUT2D eigenvalue weighted by Gasteiger charge is -2.42. The van der Waals surface area contributed by atoms with E-state index in [2.05, 4.69) is 11.9 Å². The summed E-state index contributed by atoms with van der Waals surface area (Å²) in [5.74, 6) is -0.242. The lowest BCUT2D eigenvalue weighted by molar-refractivity contribution is -0.0493. The summed E-state index contributed by atoms with van der Waals surface area (Å²) in [7, 11) is 2.15. The zero-order chi connectivity index (χ0) is 12.0. The van der Waals surface area contributed by atoms with Gasteiger partial charge in [-0.15, -0.1) is 0 Å². The van der Waals surface area contributed by atoms with Crippen molar-refractivity contribution in [3.63, 3.8) is 0 Å². The van der Waals surface area contributed by atoms with Crippen molar-refractivity contribution in [1.82, 2.24) is 4.90 Å². The Morgan fingerprint density at radius 3 is 2.24 bits per heavy atom. The Balaban J connectivity index is 1.90. The van der Waals surface area contributed by atoms with Crippen molar-refractivity contribution in [3.05, 3.63) is 35.6 Å². The van der Waals surface area contributed by atoms with Crippen molar-refractivity contribution in [2.24, 2.45) is 0 Å². The molecule has 2 aliphatic heterocycles. The molecule has 92 valence electrons. The first kappa shape index (κ1) is 11.2. The SMILES string of the molecule is CN1C2CCC1CC(O)(c1ccc(F)cc1)C2. The highest BCUT2D eigenvalue weighted by atomic mass is 19.1. The van der Waals surface area contributed by atoms with E-state index >= 15 is 0 Å². The van der Waals surface area contributed by atoms with Gasteiger partial charge in [0.05, 0.1) is 5.60 Å². The summed E-state index contributed by atoms with van der Waals surface area (Å²) in [5.41, 5.74) is 0.107. The van der Waals surface area contributed by atoms with Gasteiger partial charge in [0.2, 0.25) is 0 Å². The zero-order valence-corrected chi connectivity index (χ0v) is 10.1. The third-order valence-corrected chi connectivity index (χ3v) is 4.51. The van der Waals surface area contributed by atoms with Crippen LogP contribution < -0.4 is 0 Å². The Morgan fingerprint density at radius 2 is 1.71 bits per heavy atom. The molecule has 3 rings (SSSR count). The quantitative estimate of drug-likeness (QED) is 0.807. The number of fused-ring (bicyclic) bond motifs is 2. The molecule has 2 bridgehead atoms. The maximum atomic E-state index is 12.9. The van der Waals surface area contributed by atoms with Crippen molar-refractivity contribution in [3.8, 4) is 0 Å². The minimum atomic E-state index is -0.758. The van der Waals surface area contributed by atoms with Crippen LogP contribution in [0.1, 0.15) is 31.2 Å². The maximum absolute atomic E-state index is 12.9. The summed E-state index contributed by atoms with van der Waals surface area (Å²) in [5, 5.41) is 10.8. The number of rotatable bonds is 1. The molecule has 0 radical (unpaired) electrons. The minimum absolute atomic E-state index is 0.242. The lowest BCUT2D eigenvalue weighted by Crippen LogP contribution is -2.47. The molecule has 2 aliphatic rings. The van der Waals surface area contributed by atoms with Crippen molar-refractivity contribution < 1.29 is 9.50 Å². The molecule has 1 N–H and O–H groups in total. The molecule has 0 amide bonds. The second-order valence-corrected chi connectivity index (χ2v) is 5.50. The summed E-state index contributed by atoms with van der Waals surface area (Å²) < 4.78 is 12.9. The van der Waals surface area contributed by atoms with Gasteiger partial charge in [0.1, 0.15) is 5.82 Å². The van der Waals surface area contributed by atoms with E-state index in [0.717, 1.165) is 18.4 Å². The van der Waals surface area contributed by atoms with E-state index < -0.39 is 5.60 Å². The van der Waals surface area contributed by atoms with E-state index in [-0.39, 0.29) is 5.82 Å². The van der Waals surface area contributed by atoms with E-state index in [1.54, 1.807) is 12.1 Å². The number of aliphatic hydroxyl groups is 1. The van der Waals surface area contributed by atoms with Crippen LogP contribution in [0.25, 0.3) is 0 Å². The Hall–Kier alpha value is -0.930. The maximum Gasteiger partial charge on any atom is 0.123 e. The zero-order valence-electron chi connectivity index (χ0n) is 10.1. The van der Waals surface area contributed by atoms with Gasteiger partial charge in [-0.3, -0.25) is 0 Å². The molecule has 2 saturated heterocycles. The van der Waals surface area contributed by atoms with Crippen LogP contribution in [-0.4, -0.2) is 29.1 Å². The normalized spacial score (nSPS) is 37.4. The van der Waals surface area contributed by atoms with Gasteiger partial charge < -0.3 is 10.0 Å². The Morgan fingerprint density at radius 1 is 1.18 bits per heavy atom. The van der Waals surface area contributed by atoms with Crippen LogP contribution in [-0.2, 0) is 5.60 Å². The van der Waals surface area contributed by atoms with Crippen molar-refractivity contribution in [2.45, 2.75) is 43.4 Å². The van der Waals surface area contributed by atoms with Crippen LogP contribution in [0.3, 0.4) is 0 Å². The molecule has 2 heterocycles. The number of hydrogen-bond donors (Lipinski definition) is 1. The highest BCUT2D eigenvalue weighted by molar-refractivity contribution is 5.25. The Kier molecular flexibility index (Phi) is 2.49. The van der Waals surface area contributed by atoms with Gasteiger partial charge in [-0.05, 0) is 50.4 Å². The molecule has 1 aromatic rings. The molecule has 2 unspecified atom stereocenters. The molecular weight excluding hydrogens is 217 g/mol. The summed E-state index contributed by atoms with van der Waals surface area (Å²) in [4.78, 5) is 2.39. The smallest absolute Gasteiger partial charge is 0.123 e. The molecule has 1 aromatic carbocycles. The van der Waals surface area contributed by atoms with Crippen molar-refractivity contribution in [1.29, 1.82) is 0 Å².